The lowest BCUT2D eigenvalue weighted by molar-refractivity contribution is 0.110. The van der Waals surface area contributed by atoms with Gasteiger partial charge < -0.3 is 0 Å². The van der Waals surface area contributed by atoms with Crippen LogP contribution in [0.5, 0.6) is 0 Å². The van der Waals surface area contributed by atoms with Crippen LogP contribution in [0.3, 0.4) is 0 Å². The second-order valence-corrected chi connectivity index (χ2v) is 3.14. The van der Waals surface area contributed by atoms with E-state index in [1.807, 2.05) is 0 Å². The van der Waals surface area contributed by atoms with E-state index >= 15 is 0 Å². The Hall–Kier alpha value is -0.840. The highest BCUT2D eigenvalue weighted by atomic mass is 79.9. The second-order valence-electron chi connectivity index (χ2n) is 2.28. The lowest BCUT2D eigenvalue weighted by Crippen LogP contribution is -1.97. The van der Waals surface area contributed by atoms with E-state index in [-0.39, 0.29) is 10.8 Å². The Balaban J connectivity index is 3.38. The number of carbonyl (C=O) groups is 1. The molecule has 0 saturated carbocycles. The van der Waals surface area contributed by atoms with Crippen LogP contribution in [-0.2, 0) is 0 Å². The zero-order valence-electron chi connectivity index (χ0n) is 6.23. The van der Waals surface area contributed by atoms with E-state index in [2.05, 4.69) is 15.9 Å². The maximum atomic E-state index is 13.0. The maximum absolute atomic E-state index is 13.0. The van der Waals surface area contributed by atoms with Gasteiger partial charge >= 0.3 is 0 Å². The molecule has 1 rings (SSSR count). The minimum Gasteiger partial charge on any atom is -0.298 e. The Morgan fingerprint density at radius 3 is 2.46 bits per heavy atom. The van der Waals surface area contributed by atoms with Gasteiger partial charge in [-0.2, -0.15) is 0 Å². The standard InChI is InChI=1S/C8H4BrF3O/c9-6-2-1-4(8(11)12)5(3-13)7(6)10/h1-3,8H. The maximum Gasteiger partial charge on any atom is 0.264 e. The molecule has 0 fully saturated rings. The van der Waals surface area contributed by atoms with Crippen LogP contribution in [0, 0.1) is 5.82 Å². The van der Waals surface area contributed by atoms with E-state index < -0.39 is 23.4 Å². The minimum absolute atomic E-state index is 0.000926. The zero-order chi connectivity index (χ0) is 10.0. The molecule has 0 heterocycles. The Labute approximate surface area is 80.7 Å². The summed E-state index contributed by atoms with van der Waals surface area (Å²) in [7, 11) is 0. The van der Waals surface area contributed by atoms with E-state index in [0.717, 1.165) is 12.1 Å². The van der Waals surface area contributed by atoms with Crippen molar-refractivity contribution in [1.82, 2.24) is 0 Å². The first kappa shape index (κ1) is 10.2. The van der Waals surface area contributed by atoms with E-state index in [1.165, 1.54) is 0 Å². The highest BCUT2D eigenvalue weighted by Crippen LogP contribution is 2.27. The third-order valence-corrected chi connectivity index (χ3v) is 2.13. The summed E-state index contributed by atoms with van der Waals surface area (Å²) in [5, 5.41) is 0. The molecule has 70 valence electrons. The molecule has 0 spiro atoms. The number of benzene rings is 1. The number of hydrogen-bond donors (Lipinski definition) is 0. The van der Waals surface area contributed by atoms with Crippen molar-refractivity contribution in [3.63, 3.8) is 0 Å². The minimum atomic E-state index is -2.84. The Kier molecular flexibility index (Phi) is 3.08. The highest BCUT2D eigenvalue weighted by Gasteiger charge is 2.17. The monoisotopic (exact) mass is 252 g/mol. The lowest BCUT2D eigenvalue weighted by Gasteiger charge is -2.05. The van der Waals surface area contributed by atoms with Crippen molar-refractivity contribution in [1.29, 1.82) is 0 Å². The Bertz CT molecular complexity index is 338. The molecule has 0 aliphatic carbocycles. The van der Waals surface area contributed by atoms with Crippen molar-refractivity contribution >= 4 is 22.2 Å². The molecule has 1 aromatic carbocycles. The molecule has 0 radical (unpaired) electrons. The average molecular weight is 253 g/mol. The van der Waals surface area contributed by atoms with Gasteiger partial charge in [0.1, 0.15) is 5.82 Å². The van der Waals surface area contributed by atoms with Gasteiger partial charge in [0, 0.05) is 5.56 Å². The molecule has 0 saturated heterocycles. The second kappa shape index (κ2) is 3.91. The fourth-order valence-corrected chi connectivity index (χ4v) is 1.24. The van der Waals surface area contributed by atoms with Crippen molar-refractivity contribution in [3.8, 4) is 0 Å². The molecular formula is C8H4BrF3O. The lowest BCUT2D eigenvalue weighted by atomic mass is 10.1. The molecule has 0 aliphatic heterocycles. The van der Waals surface area contributed by atoms with Crippen molar-refractivity contribution < 1.29 is 18.0 Å². The molecule has 5 heteroatoms. The summed E-state index contributed by atoms with van der Waals surface area (Å²) >= 11 is 2.79. The summed E-state index contributed by atoms with van der Waals surface area (Å²) < 4.78 is 37.4. The summed E-state index contributed by atoms with van der Waals surface area (Å²) in [6, 6.07) is 2.16. The van der Waals surface area contributed by atoms with Crippen molar-refractivity contribution in [2.24, 2.45) is 0 Å². The molecule has 0 unspecified atom stereocenters. The quantitative estimate of drug-likeness (QED) is 0.738. The van der Waals surface area contributed by atoms with Crippen molar-refractivity contribution in [2.75, 3.05) is 0 Å². The molecule has 0 amide bonds. The summed E-state index contributed by atoms with van der Waals surface area (Å²) in [6.07, 6.45) is -2.76. The zero-order valence-corrected chi connectivity index (χ0v) is 7.82. The van der Waals surface area contributed by atoms with Crippen LogP contribution in [0.25, 0.3) is 0 Å². The van der Waals surface area contributed by atoms with E-state index in [1.54, 1.807) is 0 Å². The van der Waals surface area contributed by atoms with Crippen molar-refractivity contribution in [3.05, 3.63) is 33.5 Å². The fourth-order valence-electron chi connectivity index (χ4n) is 0.891. The van der Waals surface area contributed by atoms with E-state index in [4.69, 9.17) is 0 Å². The number of aldehydes is 1. The van der Waals surface area contributed by atoms with Crippen LogP contribution in [0.2, 0.25) is 0 Å². The van der Waals surface area contributed by atoms with Gasteiger partial charge in [-0.25, -0.2) is 13.2 Å². The number of carbonyl (C=O) groups excluding carboxylic acids is 1. The van der Waals surface area contributed by atoms with Crippen LogP contribution >= 0.6 is 15.9 Å². The third kappa shape index (κ3) is 1.91. The van der Waals surface area contributed by atoms with Gasteiger partial charge in [0.15, 0.2) is 6.29 Å². The first-order valence-corrected chi connectivity index (χ1v) is 4.08. The van der Waals surface area contributed by atoms with E-state index in [0.29, 0.717) is 0 Å². The van der Waals surface area contributed by atoms with Gasteiger partial charge in [0.25, 0.3) is 6.43 Å². The normalized spacial score (nSPS) is 10.5. The summed E-state index contributed by atoms with van der Waals surface area (Å²) in [5.41, 5.74) is -1.18. The van der Waals surface area contributed by atoms with Crippen molar-refractivity contribution in [2.45, 2.75) is 6.43 Å². The molecule has 0 aliphatic rings. The molecule has 0 atom stereocenters. The number of hydrogen-bond acceptors (Lipinski definition) is 1. The topological polar surface area (TPSA) is 17.1 Å². The molecule has 0 N–H and O–H groups in total. The Morgan fingerprint density at radius 2 is 2.00 bits per heavy atom. The number of rotatable bonds is 2. The largest absolute Gasteiger partial charge is 0.298 e. The fraction of sp³-hybridized carbons (Fsp3) is 0.125. The Morgan fingerprint density at radius 1 is 1.38 bits per heavy atom. The SMILES string of the molecule is O=Cc1c(C(F)F)ccc(Br)c1F. The van der Waals surface area contributed by atoms with Crippen LogP contribution in [0.4, 0.5) is 13.2 Å². The molecular weight excluding hydrogens is 249 g/mol. The summed E-state index contributed by atoms with van der Waals surface area (Å²) in [4.78, 5) is 10.3. The van der Waals surface area contributed by atoms with Gasteiger partial charge in [0.2, 0.25) is 0 Å². The smallest absolute Gasteiger partial charge is 0.264 e. The number of halogens is 4. The van der Waals surface area contributed by atoms with Gasteiger partial charge in [-0.3, -0.25) is 4.79 Å². The first-order valence-electron chi connectivity index (χ1n) is 3.29. The van der Waals surface area contributed by atoms with Crippen LogP contribution in [0.1, 0.15) is 22.3 Å². The highest BCUT2D eigenvalue weighted by molar-refractivity contribution is 9.10. The van der Waals surface area contributed by atoms with Gasteiger partial charge in [-0.1, -0.05) is 6.07 Å². The molecule has 0 bridgehead atoms. The molecule has 1 nitrogen and oxygen atoms in total. The van der Waals surface area contributed by atoms with E-state index in [9.17, 15) is 18.0 Å². The van der Waals surface area contributed by atoms with Crippen LogP contribution in [-0.4, -0.2) is 6.29 Å². The van der Waals surface area contributed by atoms with Gasteiger partial charge in [0.05, 0.1) is 10.0 Å². The van der Waals surface area contributed by atoms with Gasteiger partial charge in [-0.05, 0) is 22.0 Å². The molecule has 1 aromatic rings. The number of alkyl halides is 2. The summed E-state index contributed by atoms with van der Waals surface area (Å²) in [6.45, 7) is 0. The predicted octanol–water partition coefficient (Wildman–Crippen LogP) is 3.34. The predicted molar refractivity (Wildman–Crippen MR) is 44.4 cm³/mol. The first-order chi connectivity index (χ1) is 6.07. The van der Waals surface area contributed by atoms with Crippen LogP contribution < -0.4 is 0 Å². The summed E-state index contributed by atoms with van der Waals surface area (Å²) in [5.74, 6) is -0.951. The third-order valence-electron chi connectivity index (χ3n) is 1.52. The van der Waals surface area contributed by atoms with Crippen LogP contribution in [0.15, 0.2) is 16.6 Å². The molecule has 13 heavy (non-hydrogen) atoms. The molecule has 0 aromatic heterocycles. The average Bonchev–Trinajstić information content (AvgIpc) is 2.09. The van der Waals surface area contributed by atoms with Gasteiger partial charge in [-0.15, -0.1) is 0 Å².